The second kappa shape index (κ2) is 3.90. The molecule has 0 unspecified atom stereocenters. The third-order valence-corrected chi connectivity index (χ3v) is 1.47. The summed E-state index contributed by atoms with van der Waals surface area (Å²) in [7, 11) is 0. The van der Waals surface area contributed by atoms with E-state index in [9.17, 15) is 4.79 Å². The molecule has 0 aliphatic carbocycles. The standard InChI is InChI=1S/C8H11NO3/c1-3-7-6(5-12-9-7)8(10)11-4-2/h5H,3-4H2,1-2H3. The summed E-state index contributed by atoms with van der Waals surface area (Å²) in [6.07, 6.45) is 1.99. The van der Waals surface area contributed by atoms with Crippen molar-refractivity contribution in [2.45, 2.75) is 20.3 Å². The highest BCUT2D eigenvalue weighted by Crippen LogP contribution is 2.08. The smallest absolute Gasteiger partial charge is 0.343 e. The number of rotatable bonds is 3. The molecule has 0 saturated heterocycles. The van der Waals surface area contributed by atoms with Gasteiger partial charge in [0.25, 0.3) is 0 Å². The van der Waals surface area contributed by atoms with Crippen LogP contribution in [0.15, 0.2) is 10.8 Å². The van der Waals surface area contributed by atoms with Crippen molar-refractivity contribution in [2.24, 2.45) is 0 Å². The third-order valence-electron chi connectivity index (χ3n) is 1.47. The molecule has 0 amide bonds. The number of hydrogen-bond donors (Lipinski definition) is 0. The minimum absolute atomic E-state index is 0.365. The van der Waals surface area contributed by atoms with Gasteiger partial charge in [0, 0.05) is 0 Å². The molecule has 4 heteroatoms. The quantitative estimate of drug-likeness (QED) is 0.642. The van der Waals surface area contributed by atoms with Crippen molar-refractivity contribution in [3.05, 3.63) is 17.5 Å². The number of esters is 1. The fourth-order valence-corrected chi connectivity index (χ4v) is 0.890. The average Bonchev–Trinajstić information content (AvgIpc) is 2.51. The Balaban J connectivity index is 2.79. The van der Waals surface area contributed by atoms with E-state index >= 15 is 0 Å². The number of carbonyl (C=O) groups is 1. The lowest BCUT2D eigenvalue weighted by molar-refractivity contribution is 0.0524. The highest BCUT2D eigenvalue weighted by Gasteiger charge is 2.14. The van der Waals surface area contributed by atoms with Crippen LogP contribution < -0.4 is 0 Å². The van der Waals surface area contributed by atoms with Gasteiger partial charge in [0.15, 0.2) is 0 Å². The zero-order chi connectivity index (χ0) is 8.97. The fourth-order valence-electron chi connectivity index (χ4n) is 0.890. The minimum atomic E-state index is -0.365. The summed E-state index contributed by atoms with van der Waals surface area (Å²) in [6.45, 7) is 4.03. The Kier molecular flexibility index (Phi) is 2.85. The topological polar surface area (TPSA) is 52.3 Å². The summed E-state index contributed by atoms with van der Waals surface area (Å²) >= 11 is 0. The average molecular weight is 169 g/mol. The van der Waals surface area contributed by atoms with E-state index in [1.165, 1.54) is 6.26 Å². The highest BCUT2D eigenvalue weighted by molar-refractivity contribution is 5.90. The molecule has 1 heterocycles. The van der Waals surface area contributed by atoms with E-state index in [0.717, 1.165) is 0 Å². The van der Waals surface area contributed by atoms with Crippen molar-refractivity contribution < 1.29 is 14.1 Å². The van der Waals surface area contributed by atoms with Crippen LogP contribution in [0.3, 0.4) is 0 Å². The molecule has 0 atom stereocenters. The zero-order valence-electron chi connectivity index (χ0n) is 7.16. The van der Waals surface area contributed by atoms with E-state index in [0.29, 0.717) is 24.3 Å². The number of aromatic nitrogens is 1. The molecular formula is C8H11NO3. The minimum Gasteiger partial charge on any atom is -0.462 e. The molecular weight excluding hydrogens is 158 g/mol. The van der Waals surface area contributed by atoms with E-state index in [4.69, 9.17) is 4.74 Å². The Hall–Kier alpha value is -1.32. The number of nitrogens with zero attached hydrogens (tertiary/aromatic N) is 1. The number of aryl methyl sites for hydroxylation is 1. The molecule has 0 aromatic carbocycles. The van der Waals surface area contributed by atoms with E-state index in [1.807, 2.05) is 6.92 Å². The van der Waals surface area contributed by atoms with Crippen molar-refractivity contribution in [2.75, 3.05) is 6.61 Å². The van der Waals surface area contributed by atoms with Crippen LogP contribution in [0.25, 0.3) is 0 Å². The Morgan fingerprint density at radius 3 is 3.00 bits per heavy atom. The monoisotopic (exact) mass is 169 g/mol. The van der Waals surface area contributed by atoms with Crippen LogP contribution in [-0.4, -0.2) is 17.7 Å². The summed E-state index contributed by atoms with van der Waals surface area (Å²) in [6, 6.07) is 0. The van der Waals surface area contributed by atoms with Crippen molar-refractivity contribution in [1.82, 2.24) is 5.16 Å². The summed E-state index contributed by atoms with van der Waals surface area (Å²) < 4.78 is 9.44. The lowest BCUT2D eigenvalue weighted by Crippen LogP contribution is -2.05. The van der Waals surface area contributed by atoms with Gasteiger partial charge < -0.3 is 9.26 Å². The molecule has 0 aliphatic rings. The number of hydrogen-bond acceptors (Lipinski definition) is 4. The lowest BCUT2D eigenvalue weighted by atomic mass is 10.2. The predicted molar refractivity (Wildman–Crippen MR) is 41.8 cm³/mol. The maximum absolute atomic E-state index is 11.2. The first kappa shape index (κ1) is 8.77. The lowest BCUT2D eigenvalue weighted by Gasteiger charge is -1.98. The van der Waals surface area contributed by atoms with Crippen LogP contribution in [0, 0.1) is 0 Å². The molecule has 0 radical (unpaired) electrons. The second-order valence-electron chi connectivity index (χ2n) is 2.25. The molecule has 12 heavy (non-hydrogen) atoms. The second-order valence-corrected chi connectivity index (χ2v) is 2.25. The molecule has 0 N–H and O–H groups in total. The zero-order valence-corrected chi connectivity index (χ0v) is 7.16. The molecule has 0 spiro atoms. The fraction of sp³-hybridized carbons (Fsp3) is 0.500. The highest BCUT2D eigenvalue weighted by atomic mass is 16.5. The maximum atomic E-state index is 11.2. The summed E-state index contributed by atoms with van der Waals surface area (Å²) in [5.74, 6) is -0.365. The van der Waals surface area contributed by atoms with Crippen LogP contribution in [0.5, 0.6) is 0 Å². The first-order valence-corrected chi connectivity index (χ1v) is 3.90. The first-order chi connectivity index (χ1) is 5.79. The van der Waals surface area contributed by atoms with Gasteiger partial charge >= 0.3 is 5.97 Å². The van der Waals surface area contributed by atoms with Crippen molar-refractivity contribution in [1.29, 1.82) is 0 Å². The van der Waals surface area contributed by atoms with Gasteiger partial charge in [0.05, 0.1) is 12.3 Å². The molecule has 0 aliphatic heterocycles. The predicted octanol–water partition coefficient (Wildman–Crippen LogP) is 1.41. The molecule has 0 saturated carbocycles. The van der Waals surface area contributed by atoms with Crippen LogP contribution in [0.2, 0.25) is 0 Å². The summed E-state index contributed by atoms with van der Waals surface area (Å²) in [4.78, 5) is 11.2. The number of ether oxygens (including phenoxy) is 1. The van der Waals surface area contributed by atoms with Crippen LogP contribution in [0.1, 0.15) is 29.9 Å². The van der Waals surface area contributed by atoms with Gasteiger partial charge in [0.2, 0.25) is 0 Å². The Bertz CT molecular complexity index is 267. The number of carbonyl (C=O) groups excluding carboxylic acids is 1. The van der Waals surface area contributed by atoms with E-state index < -0.39 is 0 Å². The first-order valence-electron chi connectivity index (χ1n) is 3.90. The molecule has 1 aromatic heterocycles. The molecule has 0 fully saturated rings. The van der Waals surface area contributed by atoms with Crippen LogP contribution >= 0.6 is 0 Å². The largest absolute Gasteiger partial charge is 0.462 e. The Labute approximate surface area is 70.5 Å². The van der Waals surface area contributed by atoms with Crippen molar-refractivity contribution >= 4 is 5.97 Å². The molecule has 4 nitrogen and oxygen atoms in total. The molecule has 66 valence electrons. The van der Waals surface area contributed by atoms with Crippen molar-refractivity contribution in [3.63, 3.8) is 0 Å². The van der Waals surface area contributed by atoms with Gasteiger partial charge in [-0.05, 0) is 13.3 Å². The third kappa shape index (κ3) is 1.64. The summed E-state index contributed by atoms with van der Waals surface area (Å²) in [5, 5.41) is 3.66. The molecule has 1 aromatic rings. The van der Waals surface area contributed by atoms with E-state index in [1.54, 1.807) is 6.92 Å². The van der Waals surface area contributed by atoms with Gasteiger partial charge in [0.1, 0.15) is 11.8 Å². The normalized spacial score (nSPS) is 9.83. The van der Waals surface area contributed by atoms with Crippen LogP contribution in [0.4, 0.5) is 0 Å². The SMILES string of the molecule is CCOC(=O)c1conc1CC. The van der Waals surface area contributed by atoms with Gasteiger partial charge in [-0.25, -0.2) is 4.79 Å². The van der Waals surface area contributed by atoms with Gasteiger partial charge in [-0.3, -0.25) is 0 Å². The van der Waals surface area contributed by atoms with Gasteiger partial charge in [-0.1, -0.05) is 12.1 Å². The Morgan fingerprint density at radius 2 is 2.42 bits per heavy atom. The maximum Gasteiger partial charge on any atom is 0.343 e. The molecule has 1 rings (SSSR count). The van der Waals surface area contributed by atoms with Gasteiger partial charge in [-0.15, -0.1) is 0 Å². The summed E-state index contributed by atoms with van der Waals surface area (Å²) in [5.41, 5.74) is 1.08. The molecule has 0 bridgehead atoms. The Morgan fingerprint density at radius 1 is 1.67 bits per heavy atom. The van der Waals surface area contributed by atoms with E-state index in [-0.39, 0.29) is 5.97 Å². The van der Waals surface area contributed by atoms with Gasteiger partial charge in [-0.2, -0.15) is 0 Å². The van der Waals surface area contributed by atoms with E-state index in [2.05, 4.69) is 9.68 Å². The van der Waals surface area contributed by atoms with Crippen molar-refractivity contribution in [3.8, 4) is 0 Å². The van der Waals surface area contributed by atoms with Crippen LogP contribution in [-0.2, 0) is 11.2 Å².